The van der Waals surface area contributed by atoms with Crippen molar-refractivity contribution in [1.82, 2.24) is 4.90 Å². The number of carbonyl (C=O) groups is 1. The second-order valence-corrected chi connectivity index (χ2v) is 3.52. The Morgan fingerprint density at radius 2 is 1.91 bits per heavy atom. The maximum Gasteiger partial charge on any atom is 0.222 e. The van der Waals surface area contributed by atoms with Crippen LogP contribution in [0.25, 0.3) is 0 Å². The van der Waals surface area contributed by atoms with E-state index in [9.17, 15) is 4.79 Å². The molecule has 2 N–H and O–H groups in total. The summed E-state index contributed by atoms with van der Waals surface area (Å²) < 4.78 is 0. The first-order valence-electron chi connectivity index (χ1n) is 3.89. The standard InChI is InChI=1S/C8H18N2O/c1-6(2)7(8(9)11)5-10(3)4/h6-7H,5H2,1-4H3,(H2,9,11). The molecule has 0 aliphatic heterocycles. The van der Waals surface area contributed by atoms with Crippen molar-refractivity contribution in [1.29, 1.82) is 0 Å². The molecule has 1 unspecified atom stereocenters. The lowest BCUT2D eigenvalue weighted by Crippen LogP contribution is -2.35. The van der Waals surface area contributed by atoms with E-state index in [4.69, 9.17) is 5.73 Å². The third kappa shape index (κ3) is 3.98. The van der Waals surface area contributed by atoms with Crippen LogP contribution in [0.5, 0.6) is 0 Å². The van der Waals surface area contributed by atoms with Gasteiger partial charge in [0.1, 0.15) is 0 Å². The van der Waals surface area contributed by atoms with Crippen molar-refractivity contribution >= 4 is 5.91 Å². The zero-order valence-corrected chi connectivity index (χ0v) is 7.79. The van der Waals surface area contributed by atoms with Crippen molar-refractivity contribution in [3.8, 4) is 0 Å². The molecule has 0 saturated carbocycles. The Morgan fingerprint density at radius 3 is 2.00 bits per heavy atom. The number of rotatable bonds is 4. The molecular formula is C8H18N2O. The number of amides is 1. The minimum absolute atomic E-state index is 0.0231. The molecule has 0 aliphatic rings. The van der Waals surface area contributed by atoms with E-state index in [-0.39, 0.29) is 11.8 Å². The molecule has 0 fully saturated rings. The first-order chi connectivity index (χ1) is 4.95. The van der Waals surface area contributed by atoms with Gasteiger partial charge < -0.3 is 10.6 Å². The highest BCUT2D eigenvalue weighted by Gasteiger charge is 2.19. The van der Waals surface area contributed by atoms with Crippen LogP contribution in [0.4, 0.5) is 0 Å². The lowest BCUT2D eigenvalue weighted by molar-refractivity contribution is -0.123. The Kier molecular flexibility index (Phi) is 4.11. The van der Waals surface area contributed by atoms with Crippen LogP contribution in [-0.4, -0.2) is 31.4 Å². The summed E-state index contributed by atoms with van der Waals surface area (Å²) in [6.45, 7) is 4.77. The van der Waals surface area contributed by atoms with Crippen molar-refractivity contribution in [3.63, 3.8) is 0 Å². The summed E-state index contributed by atoms with van der Waals surface area (Å²) in [7, 11) is 3.89. The number of nitrogens with two attached hydrogens (primary N) is 1. The van der Waals surface area contributed by atoms with Gasteiger partial charge in [-0.05, 0) is 20.0 Å². The lowest BCUT2D eigenvalue weighted by atomic mass is 9.95. The van der Waals surface area contributed by atoms with Gasteiger partial charge in [-0.3, -0.25) is 4.79 Å². The number of carbonyl (C=O) groups excluding carboxylic acids is 1. The van der Waals surface area contributed by atoms with Crippen LogP contribution in [0, 0.1) is 11.8 Å². The molecule has 0 aromatic carbocycles. The number of nitrogens with zero attached hydrogens (tertiary/aromatic N) is 1. The highest BCUT2D eigenvalue weighted by Crippen LogP contribution is 2.10. The van der Waals surface area contributed by atoms with Crippen LogP contribution in [0.1, 0.15) is 13.8 Å². The first-order valence-corrected chi connectivity index (χ1v) is 3.89. The average molecular weight is 158 g/mol. The number of hydrogen-bond donors (Lipinski definition) is 1. The van der Waals surface area contributed by atoms with Gasteiger partial charge >= 0.3 is 0 Å². The summed E-state index contributed by atoms with van der Waals surface area (Å²) in [5.41, 5.74) is 5.22. The largest absolute Gasteiger partial charge is 0.369 e. The Morgan fingerprint density at radius 1 is 1.45 bits per heavy atom. The molecule has 1 atom stereocenters. The van der Waals surface area contributed by atoms with Crippen LogP contribution in [0.15, 0.2) is 0 Å². The lowest BCUT2D eigenvalue weighted by Gasteiger charge is -2.20. The Bertz CT molecular complexity index is 132. The molecule has 0 rings (SSSR count). The quantitative estimate of drug-likeness (QED) is 0.640. The topological polar surface area (TPSA) is 46.3 Å². The van der Waals surface area contributed by atoms with Gasteiger partial charge in [0.25, 0.3) is 0 Å². The fraction of sp³-hybridized carbons (Fsp3) is 0.875. The molecule has 11 heavy (non-hydrogen) atoms. The third-order valence-electron chi connectivity index (χ3n) is 1.73. The van der Waals surface area contributed by atoms with E-state index in [2.05, 4.69) is 0 Å². The minimum atomic E-state index is -0.200. The van der Waals surface area contributed by atoms with Gasteiger partial charge in [0.2, 0.25) is 5.91 Å². The molecule has 0 radical (unpaired) electrons. The third-order valence-corrected chi connectivity index (χ3v) is 1.73. The summed E-state index contributed by atoms with van der Waals surface area (Å²) in [5.74, 6) is 0.105. The number of hydrogen-bond acceptors (Lipinski definition) is 2. The van der Waals surface area contributed by atoms with E-state index in [0.29, 0.717) is 5.92 Å². The van der Waals surface area contributed by atoms with Crippen LogP contribution in [0.2, 0.25) is 0 Å². The Balaban J connectivity index is 4.01. The molecule has 0 saturated heterocycles. The van der Waals surface area contributed by atoms with Gasteiger partial charge in [-0.1, -0.05) is 13.8 Å². The zero-order chi connectivity index (χ0) is 9.02. The summed E-state index contributed by atoms with van der Waals surface area (Å²) in [5, 5.41) is 0. The second kappa shape index (κ2) is 4.34. The van der Waals surface area contributed by atoms with E-state index in [1.807, 2.05) is 32.8 Å². The smallest absolute Gasteiger partial charge is 0.222 e. The predicted molar refractivity (Wildman–Crippen MR) is 46.1 cm³/mol. The van der Waals surface area contributed by atoms with E-state index < -0.39 is 0 Å². The molecule has 0 heterocycles. The first kappa shape index (κ1) is 10.4. The molecular weight excluding hydrogens is 140 g/mol. The summed E-state index contributed by atoms with van der Waals surface area (Å²) >= 11 is 0. The van der Waals surface area contributed by atoms with Gasteiger partial charge in [-0.25, -0.2) is 0 Å². The molecule has 0 aromatic heterocycles. The van der Waals surface area contributed by atoms with Crippen LogP contribution in [0.3, 0.4) is 0 Å². The van der Waals surface area contributed by atoms with Crippen molar-refractivity contribution in [2.45, 2.75) is 13.8 Å². The van der Waals surface area contributed by atoms with Gasteiger partial charge in [0.05, 0.1) is 5.92 Å². The summed E-state index contributed by atoms with van der Waals surface area (Å²) in [4.78, 5) is 12.9. The van der Waals surface area contributed by atoms with Gasteiger partial charge in [-0.15, -0.1) is 0 Å². The maximum absolute atomic E-state index is 10.9. The molecule has 0 spiro atoms. The molecule has 0 bridgehead atoms. The van der Waals surface area contributed by atoms with Crippen molar-refractivity contribution in [2.24, 2.45) is 17.6 Å². The summed E-state index contributed by atoms with van der Waals surface area (Å²) in [6.07, 6.45) is 0. The van der Waals surface area contributed by atoms with Crippen LogP contribution >= 0.6 is 0 Å². The summed E-state index contributed by atoms with van der Waals surface area (Å²) in [6, 6.07) is 0. The SMILES string of the molecule is CC(C)C(CN(C)C)C(N)=O. The highest BCUT2D eigenvalue weighted by molar-refractivity contribution is 5.77. The fourth-order valence-electron chi connectivity index (χ4n) is 1.02. The van der Waals surface area contributed by atoms with E-state index >= 15 is 0 Å². The molecule has 0 aliphatic carbocycles. The molecule has 0 aromatic rings. The second-order valence-electron chi connectivity index (χ2n) is 3.52. The van der Waals surface area contributed by atoms with Crippen molar-refractivity contribution in [3.05, 3.63) is 0 Å². The van der Waals surface area contributed by atoms with E-state index in [1.54, 1.807) is 0 Å². The Labute approximate surface area is 68.6 Å². The van der Waals surface area contributed by atoms with E-state index in [0.717, 1.165) is 6.54 Å². The molecule has 3 heteroatoms. The number of primary amides is 1. The molecule has 1 amide bonds. The maximum atomic E-state index is 10.9. The zero-order valence-electron chi connectivity index (χ0n) is 7.79. The Hall–Kier alpha value is -0.570. The van der Waals surface area contributed by atoms with Gasteiger partial charge in [0.15, 0.2) is 0 Å². The van der Waals surface area contributed by atoms with Crippen LogP contribution < -0.4 is 5.73 Å². The van der Waals surface area contributed by atoms with Gasteiger partial charge in [0, 0.05) is 6.54 Å². The minimum Gasteiger partial charge on any atom is -0.369 e. The van der Waals surface area contributed by atoms with Gasteiger partial charge in [-0.2, -0.15) is 0 Å². The molecule has 3 nitrogen and oxygen atoms in total. The monoisotopic (exact) mass is 158 g/mol. The predicted octanol–water partition coefficient (Wildman–Crippen LogP) is 0.305. The normalized spacial score (nSPS) is 14.0. The average Bonchev–Trinajstić information content (AvgIpc) is 1.81. The molecule has 66 valence electrons. The highest BCUT2D eigenvalue weighted by atomic mass is 16.1. The van der Waals surface area contributed by atoms with Crippen LogP contribution in [-0.2, 0) is 4.79 Å². The van der Waals surface area contributed by atoms with E-state index in [1.165, 1.54) is 0 Å². The fourth-order valence-corrected chi connectivity index (χ4v) is 1.02. The van der Waals surface area contributed by atoms with Crippen molar-refractivity contribution < 1.29 is 4.79 Å². The van der Waals surface area contributed by atoms with Crippen molar-refractivity contribution in [2.75, 3.05) is 20.6 Å².